The SMILES string of the molecule is Cc1ccccc1OCC(=O)OCC(=O)Nc1ccc(Br)cc1. The van der Waals surface area contributed by atoms with Crippen molar-refractivity contribution in [3.63, 3.8) is 0 Å². The minimum Gasteiger partial charge on any atom is -0.482 e. The fourth-order valence-electron chi connectivity index (χ4n) is 1.77. The van der Waals surface area contributed by atoms with Crippen LogP contribution in [0.1, 0.15) is 5.56 Å². The van der Waals surface area contributed by atoms with E-state index < -0.39 is 11.9 Å². The summed E-state index contributed by atoms with van der Waals surface area (Å²) in [5.41, 5.74) is 1.55. The van der Waals surface area contributed by atoms with Crippen molar-refractivity contribution in [1.82, 2.24) is 0 Å². The molecule has 0 unspecified atom stereocenters. The fourth-order valence-corrected chi connectivity index (χ4v) is 2.04. The molecule has 0 aliphatic rings. The maximum absolute atomic E-state index is 11.7. The summed E-state index contributed by atoms with van der Waals surface area (Å²) in [7, 11) is 0. The van der Waals surface area contributed by atoms with Gasteiger partial charge in [-0.1, -0.05) is 34.1 Å². The summed E-state index contributed by atoms with van der Waals surface area (Å²) in [6, 6.07) is 14.4. The summed E-state index contributed by atoms with van der Waals surface area (Å²) in [6.07, 6.45) is 0. The third kappa shape index (κ3) is 5.75. The average Bonchev–Trinajstić information content (AvgIpc) is 2.54. The maximum Gasteiger partial charge on any atom is 0.344 e. The second-order valence-electron chi connectivity index (χ2n) is 4.77. The summed E-state index contributed by atoms with van der Waals surface area (Å²) >= 11 is 3.31. The van der Waals surface area contributed by atoms with E-state index in [4.69, 9.17) is 9.47 Å². The predicted molar refractivity (Wildman–Crippen MR) is 90.4 cm³/mol. The molecule has 2 rings (SSSR count). The number of aryl methyl sites for hydroxylation is 1. The Bertz CT molecular complexity index is 685. The second-order valence-corrected chi connectivity index (χ2v) is 5.69. The molecule has 0 fully saturated rings. The molecule has 23 heavy (non-hydrogen) atoms. The molecule has 0 atom stereocenters. The number of esters is 1. The van der Waals surface area contributed by atoms with Crippen molar-refractivity contribution in [3.8, 4) is 5.75 Å². The number of carbonyl (C=O) groups excluding carboxylic acids is 2. The zero-order chi connectivity index (χ0) is 16.7. The lowest BCUT2D eigenvalue weighted by Gasteiger charge is -2.09. The van der Waals surface area contributed by atoms with E-state index in [2.05, 4.69) is 21.2 Å². The van der Waals surface area contributed by atoms with Crippen LogP contribution < -0.4 is 10.1 Å². The Balaban J connectivity index is 1.72. The van der Waals surface area contributed by atoms with Crippen LogP contribution in [0, 0.1) is 6.92 Å². The highest BCUT2D eigenvalue weighted by molar-refractivity contribution is 9.10. The van der Waals surface area contributed by atoms with E-state index >= 15 is 0 Å². The van der Waals surface area contributed by atoms with Gasteiger partial charge in [0.25, 0.3) is 5.91 Å². The van der Waals surface area contributed by atoms with Crippen molar-refractivity contribution < 1.29 is 19.1 Å². The Labute approximate surface area is 142 Å². The number of anilines is 1. The number of para-hydroxylation sites is 1. The molecule has 2 aromatic rings. The van der Waals surface area contributed by atoms with Gasteiger partial charge in [0, 0.05) is 10.2 Å². The Morgan fingerprint density at radius 1 is 1.04 bits per heavy atom. The van der Waals surface area contributed by atoms with Crippen LogP contribution in [0.15, 0.2) is 53.0 Å². The average molecular weight is 378 g/mol. The van der Waals surface area contributed by atoms with Gasteiger partial charge in [0.05, 0.1) is 0 Å². The monoisotopic (exact) mass is 377 g/mol. The summed E-state index contributed by atoms with van der Waals surface area (Å²) in [5.74, 6) is -0.389. The minimum atomic E-state index is -0.598. The van der Waals surface area contributed by atoms with Crippen molar-refractivity contribution in [2.75, 3.05) is 18.5 Å². The smallest absolute Gasteiger partial charge is 0.344 e. The lowest BCUT2D eigenvalue weighted by Crippen LogP contribution is -2.23. The molecule has 0 spiro atoms. The van der Waals surface area contributed by atoms with Gasteiger partial charge in [0.15, 0.2) is 13.2 Å². The first-order valence-electron chi connectivity index (χ1n) is 6.94. The first-order chi connectivity index (χ1) is 11.0. The number of halogens is 1. The van der Waals surface area contributed by atoms with Gasteiger partial charge in [0.2, 0.25) is 0 Å². The molecule has 2 aromatic carbocycles. The van der Waals surface area contributed by atoms with Gasteiger partial charge >= 0.3 is 5.97 Å². The fraction of sp³-hybridized carbons (Fsp3) is 0.176. The predicted octanol–water partition coefficient (Wildman–Crippen LogP) is 3.32. The molecule has 0 aromatic heterocycles. The zero-order valence-corrected chi connectivity index (χ0v) is 14.1. The Morgan fingerprint density at radius 2 is 1.74 bits per heavy atom. The van der Waals surface area contributed by atoms with Crippen molar-refractivity contribution in [2.45, 2.75) is 6.92 Å². The highest BCUT2D eigenvalue weighted by atomic mass is 79.9. The van der Waals surface area contributed by atoms with Crippen molar-refractivity contribution in [2.24, 2.45) is 0 Å². The van der Waals surface area contributed by atoms with E-state index in [1.165, 1.54) is 0 Å². The number of benzene rings is 2. The minimum absolute atomic E-state index is 0.240. The number of hydrogen-bond acceptors (Lipinski definition) is 4. The summed E-state index contributed by atoms with van der Waals surface area (Å²) in [5, 5.41) is 2.63. The third-order valence-electron chi connectivity index (χ3n) is 2.93. The number of rotatable bonds is 6. The molecule has 1 N–H and O–H groups in total. The molecular weight excluding hydrogens is 362 g/mol. The lowest BCUT2D eigenvalue weighted by atomic mass is 10.2. The first kappa shape index (κ1) is 17.0. The van der Waals surface area contributed by atoms with Crippen LogP contribution >= 0.6 is 15.9 Å². The standard InChI is InChI=1S/C17H16BrNO4/c1-12-4-2-3-5-15(12)22-11-17(21)23-10-16(20)19-14-8-6-13(18)7-9-14/h2-9H,10-11H2,1H3,(H,19,20). The van der Waals surface area contributed by atoms with E-state index in [9.17, 15) is 9.59 Å². The van der Waals surface area contributed by atoms with Gasteiger partial charge in [-0.25, -0.2) is 4.79 Å². The molecule has 6 heteroatoms. The van der Waals surface area contributed by atoms with E-state index in [0.717, 1.165) is 10.0 Å². The summed E-state index contributed by atoms with van der Waals surface area (Å²) < 4.78 is 11.1. The van der Waals surface area contributed by atoms with Crippen LogP contribution in [0.4, 0.5) is 5.69 Å². The number of nitrogens with one attached hydrogen (secondary N) is 1. The topological polar surface area (TPSA) is 64.6 Å². The zero-order valence-electron chi connectivity index (χ0n) is 12.5. The Hall–Kier alpha value is -2.34. The van der Waals surface area contributed by atoms with Crippen LogP contribution in [0.2, 0.25) is 0 Å². The van der Waals surface area contributed by atoms with E-state index in [0.29, 0.717) is 11.4 Å². The van der Waals surface area contributed by atoms with E-state index in [1.54, 1.807) is 30.3 Å². The van der Waals surface area contributed by atoms with Gasteiger partial charge < -0.3 is 14.8 Å². The largest absolute Gasteiger partial charge is 0.482 e. The lowest BCUT2D eigenvalue weighted by molar-refractivity contribution is -0.149. The molecule has 0 saturated heterocycles. The Morgan fingerprint density at radius 3 is 2.43 bits per heavy atom. The molecule has 0 heterocycles. The number of carbonyl (C=O) groups is 2. The molecule has 0 saturated carbocycles. The number of hydrogen-bond donors (Lipinski definition) is 1. The molecule has 0 radical (unpaired) electrons. The van der Waals surface area contributed by atoms with Gasteiger partial charge in [-0.15, -0.1) is 0 Å². The van der Waals surface area contributed by atoms with Gasteiger partial charge in [-0.05, 0) is 42.8 Å². The number of ether oxygens (including phenoxy) is 2. The molecular formula is C17H16BrNO4. The van der Waals surface area contributed by atoms with Crippen LogP contribution in [0.3, 0.4) is 0 Å². The third-order valence-corrected chi connectivity index (χ3v) is 3.46. The summed E-state index contributed by atoms with van der Waals surface area (Å²) in [6.45, 7) is 1.29. The molecule has 5 nitrogen and oxygen atoms in total. The van der Waals surface area contributed by atoms with Crippen LogP contribution in [-0.2, 0) is 14.3 Å². The van der Waals surface area contributed by atoms with E-state index in [-0.39, 0.29) is 13.2 Å². The van der Waals surface area contributed by atoms with Crippen molar-refractivity contribution in [3.05, 3.63) is 58.6 Å². The van der Waals surface area contributed by atoms with Gasteiger partial charge in [0.1, 0.15) is 5.75 Å². The Kier molecular flexibility index (Phi) is 6.17. The van der Waals surface area contributed by atoms with Crippen LogP contribution in [0.5, 0.6) is 5.75 Å². The molecule has 120 valence electrons. The maximum atomic E-state index is 11.7. The molecule has 0 bridgehead atoms. The first-order valence-corrected chi connectivity index (χ1v) is 7.73. The highest BCUT2D eigenvalue weighted by Gasteiger charge is 2.09. The molecule has 0 aliphatic heterocycles. The quantitative estimate of drug-likeness (QED) is 0.784. The van der Waals surface area contributed by atoms with Crippen LogP contribution in [0.25, 0.3) is 0 Å². The molecule has 1 amide bonds. The summed E-state index contributed by atoms with van der Waals surface area (Å²) in [4.78, 5) is 23.3. The second kappa shape index (κ2) is 8.33. The highest BCUT2D eigenvalue weighted by Crippen LogP contribution is 2.16. The van der Waals surface area contributed by atoms with Crippen molar-refractivity contribution >= 4 is 33.5 Å². The van der Waals surface area contributed by atoms with Gasteiger partial charge in [-0.2, -0.15) is 0 Å². The normalized spacial score (nSPS) is 10.0. The van der Waals surface area contributed by atoms with Gasteiger partial charge in [-0.3, -0.25) is 4.79 Å². The van der Waals surface area contributed by atoms with Crippen molar-refractivity contribution in [1.29, 1.82) is 0 Å². The van der Waals surface area contributed by atoms with E-state index in [1.807, 2.05) is 25.1 Å². The van der Waals surface area contributed by atoms with Crippen LogP contribution in [-0.4, -0.2) is 25.1 Å². The number of amides is 1. The molecule has 0 aliphatic carbocycles.